The smallest absolute Gasteiger partial charge is 0.317 e. The molecule has 2 fully saturated rings. The van der Waals surface area contributed by atoms with Crippen LogP contribution in [0.4, 0.5) is 4.79 Å². The molecule has 3 N–H and O–H groups in total. The van der Waals surface area contributed by atoms with Crippen molar-refractivity contribution in [2.75, 3.05) is 19.6 Å². The maximum atomic E-state index is 11.8. The van der Waals surface area contributed by atoms with Gasteiger partial charge < -0.3 is 20.5 Å². The molecule has 2 atom stereocenters. The molecule has 0 bridgehead atoms. The molecule has 1 aliphatic carbocycles. The Morgan fingerprint density at radius 3 is 2.59 bits per heavy atom. The second-order valence-corrected chi connectivity index (χ2v) is 6.28. The maximum absolute atomic E-state index is 11.8. The van der Waals surface area contributed by atoms with Crippen LogP contribution in [-0.4, -0.2) is 65.9 Å². The van der Waals surface area contributed by atoms with Crippen LogP contribution in [0.15, 0.2) is 0 Å². The summed E-state index contributed by atoms with van der Waals surface area (Å²) in [5.41, 5.74) is 0. The fourth-order valence-electron chi connectivity index (χ4n) is 3.15. The van der Waals surface area contributed by atoms with E-state index in [4.69, 9.17) is 9.84 Å². The molecule has 0 radical (unpaired) electrons. The summed E-state index contributed by atoms with van der Waals surface area (Å²) < 4.78 is 5.65. The van der Waals surface area contributed by atoms with Crippen LogP contribution in [0.3, 0.4) is 0 Å². The first-order valence-electron chi connectivity index (χ1n) is 8.13. The number of ether oxygens (including phenoxy) is 1. The van der Waals surface area contributed by atoms with Gasteiger partial charge in [-0.15, -0.1) is 0 Å². The molecule has 1 saturated heterocycles. The normalized spacial score (nSPS) is 30.9. The van der Waals surface area contributed by atoms with Gasteiger partial charge in [0.25, 0.3) is 0 Å². The number of aliphatic carboxylic acids is 1. The number of carbonyl (C=O) groups is 2. The molecule has 1 aliphatic heterocycles. The number of carbonyl (C=O) groups excluding carboxylic acids is 1. The van der Waals surface area contributed by atoms with Gasteiger partial charge in [0.2, 0.25) is 0 Å². The zero-order valence-electron chi connectivity index (χ0n) is 13.4. The van der Waals surface area contributed by atoms with Gasteiger partial charge in [0, 0.05) is 18.6 Å². The van der Waals surface area contributed by atoms with Crippen LogP contribution in [0.25, 0.3) is 0 Å². The van der Waals surface area contributed by atoms with E-state index in [1.165, 1.54) is 0 Å². The first-order valence-corrected chi connectivity index (χ1v) is 8.13. The van der Waals surface area contributed by atoms with Crippen LogP contribution in [0, 0.1) is 0 Å². The molecule has 7 heteroatoms. The lowest BCUT2D eigenvalue weighted by atomic mass is 9.85. The number of hydrogen-bond donors (Lipinski definition) is 3. The maximum Gasteiger partial charge on any atom is 0.317 e. The lowest BCUT2D eigenvalue weighted by molar-refractivity contribution is -0.139. The number of carboxylic acid groups (broad SMARTS) is 1. The van der Waals surface area contributed by atoms with Crippen LogP contribution in [0.2, 0.25) is 0 Å². The number of carboxylic acids is 1. The van der Waals surface area contributed by atoms with E-state index in [1.807, 2.05) is 18.7 Å². The third-order valence-corrected chi connectivity index (χ3v) is 4.52. The van der Waals surface area contributed by atoms with Crippen molar-refractivity contribution < 1.29 is 19.4 Å². The zero-order chi connectivity index (χ0) is 16.1. The van der Waals surface area contributed by atoms with Gasteiger partial charge in [-0.25, -0.2) is 4.79 Å². The van der Waals surface area contributed by atoms with Gasteiger partial charge in [0.1, 0.15) is 0 Å². The van der Waals surface area contributed by atoms with Crippen molar-refractivity contribution in [1.82, 2.24) is 15.5 Å². The minimum Gasteiger partial charge on any atom is -0.480 e. The van der Waals surface area contributed by atoms with E-state index in [2.05, 4.69) is 10.6 Å². The lowest BCUT2D eigenvalue weighted by Gasteiger charge is -2.42. The highest BCUT2D eigenvalue weighted by atomic mass is 16.5. The molecule has 126 valence electrons. The Bertz CT molecular complexity index is 398. The fraction of sp³-hybridized carbons (Fsp3) is 0.867. The number of nitrogens with zero attached hydrogens (tertiary/aromatic N) is 1. The third-order valence-electron chi connectivity index (χ3n) is 4.52. The second-order valence-electron chi connectivity index (χ2n) is 6.28. The summed E-state index contributed by atoms with van der Waals surface area (Å²) >= 11 is 0. The minimum atomic E-state index is -0.804. The molecule has 0 aromatic rings. The van der Waals surface area contributed by atoms with E-state index in [0.29, 0.717) is 13.1 Å². The Kier molecular flexibility index (Phi) is 6.02. The molecule has 2 amide bonds. The van der Waals surface area contributed by atoms with Crippen molar-refractivity contribution in [2.24, 2.45) is 0 Å². The number of urea groups is 1. The van der Waals surface area contributed by atoms with Crippen molar-refractivity contribution >= 4 is 12.0 Å². The van der Waals surface area contributed by atoms with Crippen LogP contribution in [0.1, 0.15) is 39.5 Å². The van der Waals surface area contributed by atoms with Gasteiger partial charge in [-0.3, -0.25) is 9.69 Å². The second kappa shape index (κ2) is 7.78. The highest BCUT2D eigenvalue weighted by Gasteiger charge is 2.34. The Labute approximate surface area is 131 Å². The van der Waals surface area contributed by atoms with E-state index < -0.39 is 5.97 Å². The van der Waals surface area contributed by atoms with E-state index in [-0.39, 0.29) is 36.9 Å². The summed E-state index contributed by atoms with van der Waals surface area (Å²) in [5.74, 6) is -0.804. The molecular weight excluding hydrogens is 286 g/mol. The average Bonchev–Trinajstić information content (AvgIpc) is 2.83. The van der Waals surface area contributed by atoms with Gasteiger partial charge in [0.05, 0.1) is 18.8 Å². The molecule has 0 spiro atoms. The number of amides is 2. The Hall–Kier alpha value is -1.34. The summed E-state index contributed by atoms with van der Waals surface area (Å²) in [6.07, 6.45) is 4.08. The van der Waals surface area contributed by atoms with Crippen molar-refractivity contribution in [3.63, 3.8) is 0 Å². The SMILES string of the molecule is CCN(CC(=O)O)C1CC(NC(=O)NCC2CCC(C)O2)C1. The Morgan fingerprint density at radius 2 is 2.05 bits per heavy atom. The van der Waals surface area contributed by atoms with Crippen LogP contribution < -0.4 is 10.6 Å². The van der Waals surface area contributed by atoms with Gasteiger partial charge in [0.15, 0.2) is 0 Å². The van der Waals surface area contributed by atoms with E-state index in [1.54, 1.807) is 0 Å². The van der Waals surface area contributed by atoms with Crippen molar-refractivity contribution in [3.8, 4) is 0 Å². The summed E-state index contributed by atoms with van der Waals surface area (Å²) in [6.45, 7) is 5.33. The van der Waals surface area contributed by atoms with Crippen LogP contribution in [0.5, 0.6) is 0 Å². The summed E-state index contributed by atoms with van der Waals surface area (Å²) in [4.78, 5) is 24.5. The molecule has 1 saturated carbocycles. The Morgan fingerprint density at radius 1 is 1.32 bits per heavy atom. The molecule has 2 aliphatic rings. The molecule has 7 nitrogen and oxygen atoms in total. The summed E-state index contributed by atoms with van der Waals surface area (Å²) in [7, 11) is 0. The molecule has 0 aromatic carbocycles. The van der Waals surface area contributed by atoms with Crippen molar-refractivity contribution in [2.45, 2.75) is 63.8 Å². The van der Waals surface area contributed by atoms with Crippen molar-refractivity contribution in [1.29, 1.82) is 0 Å². The van der Waals surface area contributed by atoms with E-state index in [0.717, 1.165) is 25.7 Å². The lowest BCUT2D eigenvalue weighted by Crippen LogP contribution is -2.56. The predicted octanol–water partition coefficient (Wildman–Crippen LogP) is 0.791. The van der Waals surface area contributed by atoms with Gasteiger partial charge >= 0.3 is 12.0 Å². The first-order chi connectivity index (χ1) is 10.5. The first kappa shape index (κ1) is 17.0. The molecule has 22 heavy (non-hydrogen) atoms. The van der Waals surface area contributed by atoms with Gasteiger partial charge in [-0.05, 0) is 39.2 Å². The topological polar surface area (TPSA) is 90.9 Å². The highest BCUT2D eigenvalue weighted by Crippen LogP contribution is 2.25. The fourth-order valence-corrected chi connectivity index (χ4v) is 3.15. The summed E-state index contributed by atoms with van der Waals surface area (Å²) in [5, 5.41) is 14.6. The number of likely N-dealkylation sites (N-methyl/N-ethyl adjacent to an activating group) is 1. The number of rotatable bonds is 7. The van der Waals surface area contributed by atoms with Crippen LogP contribution >= 0.6 is 0 Å². The third kappa shape index (κ3) is 4.84. The quantitative estimate of drug-likeness (QED) is 0.646. The van der Waals surface area contributed by atoms with E-state index >= 15 is 0 Å². The zero-order valence-corrected chi connectivity index (χ0v) is 13.4. The monoisotopic (exact) mass is 313 g/mol. The molecular formula is C15H27N3O4. The average molecular weight is 313 g/mol. The molecule has 0 aromatic heterocycles. The predicted molar refractivity (Wildman–Crippen MR) is 81.8 cm³/mol. The number of nitrogens with one attached hydrogen (secondary N) is 2. The van der Waals surface area contributed by atoms with Gasteiger partial charge in [-0.1, -0.05) is 6.92 Å². The standard InChI is InChI=1S/C15H27N3O4/c1-3-18(9-14(19)20)12-6-11(7-12)17-15(21)16-8-13-5-4-10(2)22-13/h10-13H,3-9H2,1-2H3,(H,19,20)(H2,16,17,21). The molecule has 2 rings (SSSR count). The Balaban J connectivity index is 1.60. The van der Waals surface area contributed by atoms with E-state index in [9.17, 15) is 9.59 Å². The van der Waals surface area contributed by atoms with Crippen LogP contribution in [-0.2, 0) is 9.53 Å². The molecule has 2 unspecified atom stereocenters. The minimum absolute atomic E-state index is 0.0668. The molecule has 1 heterocycles. The van der Waals surface area contributed by atoms with Gasteiger partial charge in [-0.2, -0.15) is 0 Å². The summed E-state index contributed by atoms with van der Waals surface area (Å²) in [6, 6.07) is 0.231. The van der Waals surface area contributed by atoms with Crippen molar-refractivity contribution in [3.05, 3.63) is 0 Å². The largest absolute Gasteiger partial charge is 0.480 e. The highest BCUT2D eigenvalue weighted by molar-refractivity contribution is 5.74. The number of hydrogen-bond acceptors (Lipinski definition) is 4.